The number of likely N-dealkylation sites (tertiary alicyclic amines) is 2. The molecule has 1 aliphatic carbocycles. The van der Waals surface area contributed by atoms with E-state index in [1.54, 1.807) is 12.3 Å². The largest absolute Gasteiger partial charge is 0.469 e. The van der Waals surface area contributed by atoms with Crippen LogP contribution in [-0.2, 0) is 4.79 Å². The summed E-state index contributed by atoms with van der Waals surface area (Å²) >= 11 is 0. The summed E-state index contributed by atoms with van der Waals surface area (Å²) in [6.07, 6.45) is 6.86. The van der Waals surface area contributed by atoms with Crippen LogP contribution in [0.3, 0.4) is 0 Å². The van der Waals surface area contributed by atoms with Gasteiger partial charge in [-0.05, 0) is 51.0 Å². The van der Waals surface area contributed by atoms with Crippen LogP contribution in [0.5, 0.6) is 0 Å². The molecule has 3 fully saturated rings. The van der Waals surface area contributed by atoms with Crippen molar-refractivity contribution in [3.63, 3.8) is 0 Å². The Labute approximate surface area is 136 Å². The molecule has 5 nitrogen and oxygen atoms in total. The first-order chi connectivity index (χ1) is 11.1. The van der Waals surface area contributed by atoms with Crippen molar-refractivity contribution in [1.82, 2.24) is 9.80 Å². The van der Waals surface area contributed by atoms with Crippen molar-refractivity contribution in [2.45, 2.75) is 39.0 Å². The van der Waals surface area contributed by atoms with Crippen LogP contribution in [0.15, 0.2) is 16.7 Å². The molecule has 1 saturated carbocycles. The number of amides is 2. The zero-order chi connectivity index (χ0) is 16.0. The second-order valence-electron chi connectivity index (χ2n) is 7.45. The predicted octanol–water partition coefficient (Wildman–Crippen LogP) is 2.45. The Kier molecular flexibility index (Phi) is 3.47. The van der Waals surface area contributed by atoms with Crippen molar-refractivity contribution < 1.29 is 14.0 Å². The second kappa shape index (κ2) is 5.39. The van der Waals surface area contributed by atoms with Crippen molar-refractivity contribution in [2.24, 2.45) is 11.3 Å². The molecule has 5 heteroatoms. The van der Waals surface area contributed by atoms with Crippen LogP contribution < -0.4 is 0 Å². The zero-order valence-electron chi connectivity index (χ0n) is 13.7. The van der Waals surface area contributed by atoms with Crippen LogP contribution in [0.4, 0.5) is 0 Å². The number of nitrogens with zero attached hydrogens (tertiary/aromatic N) is 2. The Morgan fingerprint density at radius 1 is 1.35 bits per heavy atom. The summed E-state index contributed by atoms with van der Waals surface area (Å²) in [6, 6.07) is 1.73. The third kappa shape index (κ3) is 2.56. The summed E-state index contributed by atoms with van der Waals surface area (Å²) in [5.41, 5.74) is 0.292. The van der Waals surface area contributed by atoms with Gasteiger partial charge in [0, 0.05) is 26.2 Å². The van der Waals surface area contributed by atoms with E-state index in [0.29, 0.717) is 24.4 Å². The van der Waals surface area contributed by atoms with Gasteiger partial charge in [0.1, 0.15) is 5.76 Å². The van der Waals surface area contributed by atoms with Gasteiger partial charge in [0.15, 0.2) is 0 Å². The maximum absolute atomic E-state index is 13.0. The fraction of sp³-hybridized carbons (Fsp3) is 0.667. The molecule has 0 radical (unpaired) electrons. The maximum atomic E-state index is 13.0. The van der Waals surface area contributed by atoms with Gasteiger partial charge in [-0.25, -0.2) is 0 Å². The molecule has 2 amide bonds. The Morgan fingerprint density at radius 2 is 2.17 bits per heavy atom. The highest BCUT2D eigenvalue weighted by molar-refractivity contribution is 5.96. The third-order valence-electron chi connectivity index (χ3n) is 5.73. The molecule has 1 atom stereocenters. The molecular formula is C18H24N2O3. The molecule has 0 N–H and O–H groups in total. The SMILES string of the molecule is Cc1occc1C(=O)N1CC[C@]2(CCCN(CC3CC3)C2=O)C1. The van der Waals surface area contributed by atoms with Crippen molar-refractivity contribution in [3.8, 4) is 0 Å². The lowest BCUT2D eigenvalue weighted by molar-refractivity contribution is -0.145. The molecule has 0 bridgehead atoms. The fourth-order valence-corrected chi connectivity index (χ4v) is 4.14. The number of furan rings is 1. The molecule has 1 spiro atoms. The van der Waals surface area contributed by atoms with E-state index in [-0.39, 0.29) is 17.2 Å². The van der Waals surface area contributed by atoms with Gasteiger partial charge in [-0.1, -0.05) is 0 Å². The number of rotatable bonds is 3. The topological polar surface area (TPSA) is 53.8 Å². The lowest BCUT2D eigenvalue weighted by atomic mass is 9.78. The Balaban J connectivity index is 1.48. The molecule has 0 unspecified atom stereocenters. The number of piperidine rings is 1. The smallest absolute Gasteiger partial charge is 0.257 e. The number of aryl methyl sites for hydroxylation is 1. The summed E-state index contributed by atoms with van der Waals surface area (Å²) in [5, 5.41) is 0. The van der Waals surface area contributed by atoms with E-state index in [2.05, 4.69) is 4.90 Å². The summed E-state index contributed by atoms with van der Waals surface area (Å²) in [4.78, 5) is 29.6. The standard InChI is InChI=1S/C18H24N2O3/c1-13-15(5-10-23-13)16(21)20-9-7-18(12-20)6-2-8-19(17(18)22)11-14-3-4-14/h5,10,14H,2-4,6-9,11-12H2,1H3/t18-/m1/s1. The van der Waals surface area contributed by atoms with Gasteiger partial charge < -0.3 is 14.2 Å². The van der Waals surface area contributed by atoms with Gasteiger partial charge in [0.25, 0.3) is 5.91 Å². The Bertz CT molecular complexity index is 634. The quantitative estimate of drug-likeness (QED) is 0.861. The molecule has 1 aromatic heterocycles. The summed E-state index contributed by atoms with van der Waals surface area (Å²) < 4.78 is 5.25. The van der Waals surface area contributed by atoms with Gasteiger partial charge in [-0.2, -0.15) is 0 Å². The first-order valence-electron chi connectivity index (χ1n) is 8.72. The van der Waals surface area contributed by atoms with E-state index in [0.717, 1.165) is 38.3 Å². The second-order valence-corrected chi connectivity index (χ2v) is 7.45. The summed E-state index contributed by atoms with van der Waals surface area (Å²) in [5.74, 6) is 1.67. The van der Waals surface area contributed by atoms with Gasteiger partial charge in [0.2, 0.25) is 5.91 Å². The van der Waals surface area contributed by atoms with E-state index >= 15 is 0 Å². The van der Waals surface area contributed by atoms with Crippen LogP contribution in [0.25, 0.3) is 0 Å². The van der Waals surface area contributed by atoms with Crippen LogP contribution in [0, 0.1) is 18.3 Å². The zero-order valence-corrected chi connectivity index (χ0v) is 13.7. The van der Waals surface area contributed by atoms with Crippen LogP contribution in [0.1, 0.15) is 48.2 Å². The maximum Gasteiger partial charge on any atom is 0.257 e. The Hall–Kier alpha value is -1.78. The van der Waals surface area contributed by atoms with E-state index in [9.17, 15) is 9.59 Å². The lowest BCUT2D eigenvalue weighted by Gasteiger charge is -2.39. The minimum atomic E-state index is -0.333. The molecule has 3 aliphatic rings. The predicted molar refractivity (Wildman–Crippen MR) is 84.9 cm³/mol. The van der Waals surface area contributed by atoms with E-state index in [1.807, 2.05) is 11.8 Å². The Morgan fingerprint density at radius 3 is 2.87 bits per heavy atom. The van der Waals surface area contributed by atoms with Crippen molar-refractivity contribution in [3.05, 3.63) is 23.7 Å². The molecule has 2 saturated heterocycles. The highest BCUT2D eigenvalue weighted by Gasteiger charge is 2.50. The van der Waals surface area contributed by atoms with Crippen LogP contribution in [0.2, 0.25) is 0 Å². The average Bonchev–Trinajstić information content (AvgIpc) is 3.08. The molecule has 2 aliphatic heterocycles. The third-order valence-corrected chi connectivity index (χ3v) is 5.73. The molecule has 124 valence electrons. The van der Waals surface area contributed by atoms with E-state index in [1.165, 1.54) is 12.8 Å². The molecule has 0 aromatic carbocycles. The number of hydrogen-bond acceptors (Lipinski definition) is 3. The van der Waals surface area contributed by atoms with Crippen LogP contribution >= 0.6 is 0 Å². The van der Waals surface area contributed by atoms with Gasteiger partial charge in [0.05, 0.1) is 17.2 Å². The van der Waals surface area contributed by atoms with Gasteiger partial charge in [-0.3, -0.25) is 9.59 Å². The fourth-order valence-electron chi connectivity index (χ4n) is 4.14. The highest BCUT2D eigenvalue weighted by Crippen LogP contribution is 2.42. The molecule has 4 rings (SSSR count). The lowest BCUT2D eigenvalue weighted by Crippen LogP contribution is -2.50. The minimum Gasteiger partial charge on any atom is -0.469 e. The molecule has 23 heavy (non-hydrogen) atoms. The molecular weight excluding hydrogens is 292 g/mol. The minimum absolute atomic E-state index is 0.000224. The molecule has 1 aromatic rings. The van der Waals surface area contributed by atoms with Crippen molar-refractivity contribution in [1.29, 1.82) is 0 Å². The van der Waals surface area contributed by atoms with Gasteiger partial charge in [-0.15, -0.1) is 0 Å². The first kappa shape index (κ1) is 14.8. The summed E-state index contributed by atoms with van der Waals surface area (Å²) in [6.45, 7) is 4.87. The van der Waals surface area contributed by atoms with E-state index < -0.39 is 0 Å². The normalized spacial score (nSPS) is 28.0. The number of carbonyl (C=O) groups excluding carboxylic acids is 2. The highest BCUT2D eigenvalue weighted by atomic mass is 16.3. The average molecular weight is 316 g/mol. The van der Waals surface area contributed by atoms with Crippen molar-refractivity contribution >= 4 is 11.8 Å². The monoisotopic (exact) mass is 316 g/mol. The van der Waals surface area contributed by atoms with Crippen molar-refractivity contribution in [2.75, 3.05) is 26.2 Å². The molecule has 3 heterocycles. The number of carbonyl (C=O) groups is 2. The first-order valence-corrected chi connectivity index (χ1v) is 8.72. The van der Waals surface area contributed by atoms with Gasteiger partial charge >= 0.3 is 0 Å². The van der Waals surface area contributed by atoms with E-state index in [4.69, 9.17) is 4.42 Å². The number of hydrogen-bond donors (Lipinski definition) is 0. The van der Waals surface area contributed by atoms with Crippen LogP contribution in [-0.4, -0.2) is 47.8 Å². The summed E-state index contributed by atoms with van der Waals surface area (Å²) in [7, 11) is 0.